The monoisotopic (exact) mass is 257 g/mol. The smallest absolute Gasteiger partial charge is 0.194 e. The number of aliphatic hydroxyl groups excluding tert-OH is 1. The molecule has 0 aromatic heterocycles. The predicted molar refractivity (Wildman–Crippen MR) is 67.2 cm³/mol. The van der Waals surface area contributed by atoms with Crippen molar-refractivity contribution in [3.05, 3.63) is 29.8 Å². The molecule has 5 heteroatoms. The molecule has 2 atom stereocenters. The molecule has 1 rings (SSSR count). The van der Waals surface area contributed by atoms with Gasteiger partial charge in [0.2, 0.25) is 0 Å². The summed E-state index contributed by atoms with van der Waals surface area (Å²) >= 11 is 0. The lowest BCUT2D eigenvalue weighted by atomic mass is 10.1. The van der Waals surface area contributed by atoms with E-state index < -0.39 is 15.2 Å². The van der Waals surface area contributed by atoms with E-state index in [9.17, 15) is 8.42 Å². The van der Waals surface area contributed by atoms with Gasteiger partial charge in [-0.25, -0.2) is 8.42 Å². The quantitative estimate of drug-likeness (QED) is 0.827. The normalized spacial score (nSPS) is 15.5. The van der Waals surface area contributed by atoms with Gasteiger partial charge >= 0.3 is 0 Å². The SMILES string of the molecule is Cc1ccccc1S(=O)(=O)[C@@H](N)[C@H](C)CCO. The lowest BCUT2D eigenvalue weighted by Gasteiger charge is -2.20. The average molecular weight is 257 g/mol. The highest BCUT2D eigenvalue weighted by atomic mass is 32.2. The van der Waals surface area contributed by atoms with E-state index in [0.717, 1.165) is 0 Å². The van der Waals surface area contributed by atoms with Crippen LogP contribution in [0, 0.1) is 12.8 Å². The Morgan fingerprint density at radius 3 is 2.47 bits per heavy atom. The predicted octanol–water partition coefficient (Wildman–Crippen LogP) is 1.07. The first-order valence-corrected chi connectivity index (χ1v) is 7.12. The summed E-state index contributed by atoms with van der Waals surface area (Å²) in [6.45, 7) is 3.42. The number of rotatable bonds is 5. The molecule has 1 aromatic carbocycles. The molecule has 0 amide bonds. The van der Waals surface area contributed by atoms with Crippen LogP contribution in [0.4, 0.5) is 0 Å². The zero-order chi connectivity index (χ0) is 13.1. The maximum absolute atomic E-state index is 12.3. The Morgan fingerprint density at radius 1 is 1.35 bits per heavy atom. The van der Waals surface area contributed by atoms with E-state index in [4.69, 9.17) is 10.8 Å². The van der Waals surface area contributed by atoms with Crippen LogP contribution < -0.4 is 5.73 Å². The lowest BCUT2D eigenvalue weighted by molar-refractivity contribution is 0.260. The summed E-state index contributed by atoms with van der Waals surface area (Å²) in [6.07, 6.45) is 0.381. The number of sulfone groups is 1. The van der Waals surface area contributed by atoms with Crippen LogP contribution in [0.1, 0.15) is 18.9 Å². The number of hydrogen-bond acceptors (Lipinski definition) is 4. The van der Waals surface area contributed by atoms with Gasteiger partial charge in [0.25, 0.3) is 0 Å². The second-order valence-corrected chi connectivity index (χ2v) is 6.34. The van der Waals surface area contributed by atoms with Crippen LogP contribution in [0.5, 0.6) is 0 Å². The highest BCUT2D eigenvalue weighted by Gasteiger charge is 2.29. The summed E-state index contributed by atoms with van der Waals surface area (Å²) in [4.78, 5) is 0.275. The number of benzene rings is 1. The molecule has 0 heterocycles. The van der Waals surface area contributed by atoms with Gasteiger partial charge < -0.3 is 10.8 Å². The Labute approximate surface area is 102 Å². The number of aryl methyl sites for hydroxylation is 1. The third-order valence-corrected chi connectivity index (χ3v) is 5.16. The first kappa shape index (κ1) is 14.2. The first-order chi connectivity index (χ1) is 7.91. The molecule has 1 aromatic rings. The molecule has 0 unspecified atom stereocenters. The van der Waals surface area contributed by atoms with Crippen LogP contribution in [0.15, 0.2) is 29.2 Å². The number of aliphatic hydroxyl groups is 1. The zero-order valence-corrected chi connectivity index (χ0v) is 10.9. The maximum Gasteiger partial charge on any atom is 0.194 e. The van der Waals surface area contributed by atoms with Gasteiger partial charge in [-0.15, -0.1) is 0 Å². The van der Waals surface area contributed by atoms with Crippen LogP contribution in [0.25, 0.3) is 0 Å². The van der Waals surface area contributed by atoms with E-state index in [1.54, 1.807) is 38.1 Å². The van der Waals surface area contributed by atoms with Crippen molar-refractivity contribution in [1.29, 1.82) is 0 Å². The standard InChI is InChI=1S/C12H19NO3S/c1-9-5-3-4-6-11(9)17(15,16)12(13)10(2)7-8-14/h3-6,10,12,14H,7-8,13H2,1-2H3/t10-,12-/m1/s1. The van der Waals surface area contributed by atoms with E-state index >= 15 is 0 Å². The summed E-state index contributed by atoms with van der Waals surface area (Å²) < 4.78 is 24.5. The summed E-state index contributed by atoms with van der Waals surface area (Å²) in [5, 5.41) is 7.85. The summed E-state index contributed by atoms with van der Waals surface area (Å²) in [7, 11) is -3.52. The van der Waals surface area contributed by atoms with Crippen molar-refractivity contribution in [1.82, 2.24) is 0 Å². The molecule has 3 N–H and O–H groups in total. The van der Waals surface area contributed by atoms with Gasteiger partial charge in [-0.05, 0) is 30.9 Å². The van der Waals surface area contributed by atoms with Crippen molar-refractivity contribution in [2.45, 2.75) is 30.5 Å². The van der Waals surface area contributed by atoms with Crippen LogP contribution in [0.2, 0.25) is 0 Å². The van der Waals surface area contributed by atoms with Gasteiger partial charge in [-0.1, -0.05) is 25.1 Å². The topological polar surface area (TPSA) is 80.4 Å². The van der Waals surface area contributed by atoms with E-state index in [1.165, 1.54) is 0 Å². The van der Waals surface area contributed by atoms with Crippen molar-refractivity contribution in [3.63, 3.8) is 0 Å². The Morgan fingerprint density at radius 2 is 1.94 bits per heavy atom. The van der Waals surface area contributed by atoms with Crippen LogP contribution in [-0.2, 0) is 9.84 Å². The fourth-order valence-corrected chi connectivity index (χ4v) is 3.52. The molecule has 17 heavy (non-hydrogen) atoms. The van der Waals surface area contributed by atoms with Gasteiger partial charge in [0.15, 0.2) is 9.84 Å². The molecule has 96 valence electrons. The van der Waals surface area contributed by atoms with Crippen molar-refractivity contribution in [3.8, 4) is 0 Å². The molecule has 0 aliphatic rings. The second kappa shape index (κ2) is 5.62. The fraction of sp³-hybridized carbons (Fsp3) is 0.500. The fourth-order valence-electron chi connectivity index (χ4n) is 1.70. The molecule has 0 aliphatic carbocycles. The number of nitrogens with two attached hydrogens (primary N) is 1. The number of hydrogen-bond donors (Lipinski definition) is 2. The molecule has 0 bridgehead atoms. The van der Waals surface area contributed by atoms with Crippen molar-refractivity contribution in [2.24, 2.45) is 11.7 Å². The molecule has 0 aliphatic heterocycles. The van der Waals surface area contributed by atoms with Gasteiger partial charge in [0, 0.05) is 6.61 Å². The van der Waals surface area contributed by atoms with E-state index in [1.807, 2.05) is 0 Å². The minimum atomic E-state index is -3.52. The summed E-state index contributed by atoms with van der Waals surface area (Å²) in [6, 6.07) is 6.78. The highest BCUT2D eigenvalue weighted by molar-refractivity contribution is 7.92. The minimum Gasteiger partial charge on any atom is -0.396 e. The van der Waals surface area contributed by atoms with Crippen LogP contribution in [0.3, 0.4) is 0 Å². The molecule has 0 radical (unpaired) electrons. The zero-order valence-electron chi connectivity index (χ0n) is 10.1. The molecule has 0 saturated carbocycles. The highest BCUT2D eigenvalue weighted by Crippen LogP contribution is 2.22. The van der Waals surface area contributed by atoms with E-state index in [0.29, 0.717) is 12.0 Å². The summed E-state index contributed by atoms with van der Waals surface area (Å²) in [5.41, 5.74) is 6.48. The largest absolute Gasteiger partial charge is 0.396 e. The van der Waals surface area contributed by atoms with Gasteiger partial charge in [0.1, 0.15) is 5.37 Å². The molecular formula is C12H19NO3S. The molecular weight excluding hydrogens is 238 g/mol. The minimum absolute atomic E-state index is 0.0574. The molecule has 0 spiro atoms. The van der Waals surface area contributed by atoms with Crippen LogP contribution in [-0.4, -0.2) is 25.5 Å². The first-order valence-electron chi connectivity index (χ1n) is 5.57. The average Bonchev–Trinajstić information content (AvgIpc) is 2.28. The van der Waals surface area contributed by atoms with Gasteiger partial charge in [0.05, 0.1) is 4.90 Å². The third-order valence-electron chi connectivity index (χ3n) is 2.90. The molecule has 0 fully saturated rings. The third kappa shape index (κ3) is 3.06. The van der Waals surface area contributed by atoms with Crippen molar-refractivity contribution < 1.29 is 13.5 Å². The molecule has 0 saturated heterocycles. The molecule has 4 nitrogen and oxygen atoms in total. The Bertz CT molecular complexity index is 470. The Balaban J connectivity index is 3.08. The van der Waals surface area contributed by atoms with Crippen molar-refractivity contribution in [2.75, 3.05) is 6.61 Å². The second-order valence-electron chi connectivity index (χ2n) is 4.26. The Hall–Kier alpha value is -0.910. The van der Waals surface area contributed by atoms with E-state index in [2.05, 4.69) is 0 Å². The van der Waals surface area contributed by atoms with Gasteiger partial charge in [-0.3, -0.25) is 0 Å². The Kier molecular flexibility index (Phi) is 4.68. The maximum atomic E-state index is 12.3. The van der Waals surface area contributed by atoms with Crippen LogP contribution >= 0.6 is 0 Å². The summed E-state index contributed by atoms with van der Waals surface area (Å²) in [5.74, 6) is -0.274. The van der Waals surface area contributed by atoms with Crippen molar-refractivity contribution >= 4 is 9.84 Å². The lowest BCUT2D eigenvalue weighted by Crippen LogP contribution is -2.37. The van der Waals surface area contributed by atoms with Gasteiger partial charge in [-0.2, -0.15) is 0 Å². The van der Waals surface area contributed by atoms with E-state index in [-0.39, 0.29) is 17.4 Å².